The lowest BCUT2D eigenvalue weighted by Crippen LogP contribution is -2.09. The molecule has 0 amide bonds. The molecule has 0 bridgehead atoms. The highest BCUT2D eigenvalue weighted by Gasteiger charge is 2.17. The molecular formula is C14H16BrN3O2S. The van der Waals surface area contributed by atoms with Crippen molar-refractivity contribution in [1.82, 2.24) is 14.8 Å². The molecule has 0 fully saturated rings. The van der Waals surface area contributed by atoms with Crippen LogP contribution in [-0.4, -0.2) is 31.6 Å². The van der Waals surface area contributed by atoms with Gasteiger partial charge in [-0.1, -0.05) is 59.7 Å². The predicted molar refractivity (Wildman–Crippen MR) is 85.7 cm³/mol. The largest absolute Gasteiger partial charge is 0.481 e. The van der Waals surface area contributed by atoms with Gasteiger partial charge in [-0.25, -0.2) is 0 Å². The number of aromatic nitrogens is 3. The van der Waals surface area contributed by atoms with Crippen molar-refractivity contribution in [2.75, 3.05) is 5.75 Å². The van der Waals surface area contributed by atoms with Gasteiger partial charge in [0.05, 0.1) is 12.3 Å². The van der Waals surface area contributed by atoms with Gasteiger partial charge in [-0.2, -0.15) is 0 Å². The van der Waals surface area contributed by atoms with Gasteiger partial charge in [0.25, 0.3) is 0 Å². The maximum Gasteiger partial charge on any atom is 0.313 e. The highest BCUT2D eigenvalue weighted by atomic mass is 79.9. The fourth-order valence-corrected chi connectivity index (χ4v) is 2.98. The first-order valence-corrected chi connectivity index (χ1v) is 8.28. The van der Waals surface area contributed by atoms with Crippen molar-refractivity contribution >= 4 is 33.7 Å². The molecule has 0 aliphatic carbocycles. The first-order valence-electron chi connectivity index (χ1n) is 6.50. The van der Waals surface area contributed by atoms with Crippen LogP contribution < -0.4 is 0 Å². The van der Waals surface area contributed by atoms with E-state index in [0.29, 0.717) is 11.7 Å². The van der Waals surface area contributed by atoms with Crippen molar-refractivity contribution in [3.05, 3.63) is 40.1 Å². The highest BCUT2D eigenvalue weighted by molar-refractivity contribution is 9.10. The van der Waals surface area contributed by atoms with E-state index in [2.05, 4.69) is 26.1 Å². The Morgan fingerprint density at radius 3 is 2.71 bits per heavy atom. The van der Waals surface area contributed by atoms with E-state index in [-0.39, 0.29) is 11.7 Å². The molecule has 0 aliphatic rings. The molecule has 2 rings (SSSR count). The molecule has 0 saturated carbocycles. The fraction of sp³-hybridized carbons (Fsp3) is 0.357. The summed E-state index contributed by atoms with van der Waals surface area (Å²) in [6, 6.07) is 7.95. The van der Waals surface area contributed by atoms with E-state index >= 15 is 0 Å². The molecule has 0 unspecified atom stereocenters. The standard InChI is InChI=1S/C14H16BrN3O2S/c1-9(2)13-16-17-14(21-8-12(19)20)18(13)7-10-5-3-4-6-11(10)15/h3-6,9H,7-8H2,1-2H3,(H,19,20). The van der Waals surface area contributed by atoms with Crippen molar-refractivity contribution in [2.24, 2.45) is 0 Å². The zero-order valence-electron chi connectivity index (χ0n) is 11.8. The Kier molecular flexibility index (Phi) is 5.41. The van der Waals surface area contributed by atoms with E-state index in [4.69, 9.17) is 5.11 Å². The Labute approximate surface area is 135 Å². The van der Waals surface area contributed by atoms with E-state index in [9.17, 15) is 4.79 Å². The molecule has 21 heavy (non-hydrogen) atoms. The quantitative estimate of drug-likeness (QED) is 0.790. The Bertz CT molecular complexity index is 643. The number of carboxylic acids is 1. The van der Waals surface area contributed by atoms with Gasteiger partial charge >= 0.3 is 5.97 Å². The topological polar surface area (TPSA) is 68.0 Å². The third-order valence-electron chi connectivity index (χ3n) is 2.87. The van der Waals surface area contributed by atoms with Gasteiger partial charge < -0.3 is 9.67 Å². The van der Waals surface area contributed by atoms with Crippen LogP contribution >= 0.6 is 27.7 Å². The third kappa shape index (κ3) is 4.07. The maximum atomic E-state index is 10.8. The van der Waals surface area contributed by atoms with Gasteiger partial charge in [-0.05, 0) is 11.6 Å². The molecule has 112 valence electrons. The van der Waals surface area contributed by atoms with Crippen molar-refractivity contribution in [1.29, 1.82) is 0 Å². The molecule has 0 aliphatic heterocycles. The van der Waals surface area contributed by atoms with Crippen LogP contribution in [0.3, 0.4) is 0 Å². The van der Waals surface area contributed by atoms with E-state index in [1.54, 1.807) is 0 Å². The number of carbonyl (C=O) groups is 1. The number of nitrogens with zero attached hydrogens (tertiary/aromatic N) is 3. The number of rotatable bonds is 6. The normalized spacial score (nSPS) is 11.0. The van der Waals surface area contributed by atoms with Crippen molar-refractivity contribution in [2.45, 2.75) is 31.5 Å². The van der Waals surface area contributed by atoms with E-state index in [0.717, 1.165) is 15.9 Å². The minimum atomic E-state index is -0.860. The van der Waals surface area contributed by atoms with Crippen LogP contribution in [0, 0.1) is 0 Å². The second kappa shape index (κ2) is 7.09. The van der Waals surface area contributed by atoms with Crippen LogP contribution in [0.4, 0.5) is 0 Å². The number of carboxylic acid groups (broad SMARTS) is 1. The summed E-state index contributed by atoms with van der Waals surface area (Å²) in [5, 5.41) is 17.8. The zero-order chi connectivity index (χ0) is 15.4. The molecule has 1 heterocycles. The Hall–Kier alpha value is -1.34. The molecule has 1 aromatic heterocycles. The fourth-order valence-electron chi connectivity index (χ4n) is 1.91. The summed E-state index contributed by atoms with van der Waals surface area (Å²) in [6.45, 7) is 4.71. The molecule has 0 saturated heterocycles. The Morgan fingerprint density at radius 1 is 1.38 bits per heavy atom. The van der Waals surface area contributed by atoms with Crippen LogP contribution in [0.15, 0.2) is 33.9 Å². The minimum Gasteiger partial charge on any atom is -0.481 e. The lowest BCUT2D eigenvalue weighted by atomic mass is 10.2. The second-order valence-electron chi connectivity index (χ2n) is 4.86. The maximum absolute atomic E-state index is 10.8. The number of hydrogen-bond donors (Lipinski definition) is 1. The Balaban J connectivity index is 2.32. The molecule has 2 aromatic rings. The van der Waals surface area contributed by atoms with Gasteiger partial charge in [0.15, 0.2) is 5.16 Å². The minimum absolute atomic E-state index is 0.0216. The molecule has 7 heteroatoms. The summed E-state index contributed by atoms with van der Waals surface area (Å²) < 4.78 is 3.00. The summed E-state index contributed by atoms with van der Waals surface area (Å²) in [6.07, 6.45) is 0. The SMILES string of the molecule is CC(C)c1nnc(SCC(=O)O)n1Cc1ccccc1Br. The van der Waals surface area contributed by atoms with E-state index < -0.39 is 5.97 Å². The first kappa shape index (κ1) is 16.0. The molecular weight excluding hydrogens is 354 g/mol. The van der Waals surface area contributed by atoms with Gasteiger partial charge in [-0.3, -0.25) is 4.79 Å². The molecule has 1 aromatic carbocycles. The molecule has 0 spiro atoms. The monoisotopic (exact) mass is 369 g/mol. The van der Waals surface area contributed by atoms with Crippen LogP contribution in [0.5, 0.6) is 0 Å². The summed E-state index contributed by atoms with van der Waals surface area (Å²) in [7, 11) is 0. The molecule has 1 N–H and O–H groups in total. The predicted octanol–water partition coefficient (Wildman–Crippen LogP) is 3.39. The first-order chi connectivity index (χ1) is 9.99. The highest BCUT2D eigenvalue weighted by Crippen LogP contribution is 2.25. The van der Waals surface area contributed by atoms with Crippen LogP contribution in [0.2, 0.25) is 0 Å². The van der Waals surface area contributed by atoms with Crippen LogP contribution in [0.25, 0.3) is 0 Å². The van der Waals surface area contributed by atoms with Gasteiger partial charge in [0.1, 0.15) is 5.82 Å². The lowest BCUT2D eigenvalue weighted by molar-refractivity contribution is -0.133. The average molecular weight is 370 g/mol. The molecule has 0 atom stereocenters. The van der Waals surface area contributed by atoms with E-state index in [1.807, 2.05) is 42.7 Å². The number of aliphatic carboxylic acids is 1. The Morgan fingerprint density at radius 2 is 2.10 bits per heavy atom. The number of benzene rings is 1. The smallest absolute Gasteiger partial charge is 0.313 e. The summed E-state index contributed by atoms with van der Waals surface area (Å²) >= 11 is 4.73. The van der Waals surface area contributed by atoms with Gasteiger partial charge in [-0.15, -0.1) is 10.2 Å². The number of hydrogen-bond acceptors (Lipinski definition) is 4. The summed E-state index contributed by atoms with van der Waals surface area (Å²) in [5.41, 5.74) is 1.11. The average Bonchev–Trinajstić information content (AvgIpc) is 2.82. The molecule has 5 nitrogen and oxygen atoms in total. The second-order valence-corrected chi connectivity index (χ2v) is 6.65. The van der Waals surface area contributed by atoms with Crippen molar-refractivity contribution < 1.29 is 9.90 Å². The zero-order valence-corrected chi connectivity index (χ0v) is 14.2. The number of halogens is 1. The van der Waals surface area contributed by atoms with Gasteiger partial charge in [0, 0.05) is 10.4 Å². The van der Waals surface area contributed by atoms with Gasteiger partial charge in [0.2, 0.25) is 0 Å². The van der Waals surface area contributed by atoms with Crippen molar-refractivity contribution in [3.63, 3.8) is 0 Å². The summed E-state index contributed by atoms with van der Waals surface area (Å²) in [4.78, 5) is 10.8. The number of thioether (sulfide) groups is 1. The van der Waals surface area contributed by atoms with Crippen molar-refractivity contribution in [3.8, 4) is 0 Å². The third-order valence-corrected chi connectivity index (χ3v) is 4.60. The lowest BCUT2D eigenvalue weighted by Gasteiger charge is -2.12. The van der Waals surface area contributed by atoms with Crippen LogP contribution in [0.1, 0.15) is 31.2 Å². The van der Waals surface area contributed by atoms with Crippen LogP contribution in [-0.2, 0) is 11.3 Å². The summed E-state index contributed by atoms with van der Waals surface area (Å²) in [5.74, 6) is 0.200. The molecule has 0 radical (unpaired) electrons. The van der Waals surface area contributed by atoms with E-state index in [1.165, 1.54) is 11.8 Å².